The van der Waals surface area contributed by atoms with Gasteiger partial charge in [0, 0.05) is 6.20 Å². The van der Waals surface area contributed by atoms with Crippen molar-refractivity contribution in [3.8, 4) is 0 Å². The highest BCUT2D eigenvalue weighted by atomic mass is 16.6. The lowest BCUT2D eigenvalue weighted by molar-refractivity contribution is -0.0232. The standard InChI is InChI=1S/C9H12N2O6/c12-2-4-5(13)6(14)7(17-4)3-1-10-9(16)11-8(3)15/h1,4-7,12-14H,2H2,(H2,10,11,15,16)/t4-,5-,6-,7+/m1/s1/i4D,5D,6D,7D. The molecular formula is C9H12N2O6. The van der Waals surface area contributed by atoms with Crippen molar-refractivity contribution in [2.45, 2.75) is 24.3 Å². The molecule has 0 saturated carbocycles. The van der Waals surface area contributed by atoms with Crippen molar-refractivity contribution in [2.75, 3.05) is 6.61 Å². The van der Waals surface area contributed by atoms with Crippen LogP contribution in [0.5, 0.6) is 0 Å². The lowest BCUT2D eigenvalue weighted by Crippen LogP contribution is -2.34. The summed E-state index contributed by atoms with van der Waals surface area (Å²) >= 11 is 0. The number of aromatic nitrogens is 2. The molecule has 1 aliphatic heterocycles. The Morgan fingerprint density at radius 1 is 1.41 bits per heavy atom. The van der Waals surface area contributed by atoms with Crippen LogP contribution in [0, 0.1) is 0 Å². The normalized spacial score (nSPS) is 53.6. The zero-order chi connectivity index (χ0) is 16.3. The maximum absolute atomic E-state index is 11.7. The molecule has 0 spiro atoms. The van der Waals surface area contributed by atoms with Crippen LogP contribution >= 0.6 is 0 Å². The predicted octanol–water partition coefficient (Wildman–Crippen LogP) is -2.78. The second-order valence-corrected chi connectivity index (χ2v) is 3.20. The Labute approximate surface area is 100 Å². The Morgan fingerprint density at radius 3 is 2.65 bits per heavy atom. The molecule has 2 rings (SSSR count). The fraction of sp³-hybridized carbons (Fsp3) is 0.556. The summed E-state index contributed by atoms with van der Waals surface area (Å²) in [6.07, 6.45) is -12.3. The zero-order valence-electron chi connectivity index (χ0n) is 12.4. The molecule has 1 aliphatic rings. The number of aromatic amines is 2. The van der Waals surface area contributed by atoms with Gasteiger partial charge in [-0.3, -0.25) is 9.78 Å². The Morgan fingerprint density at radius 2 is 2.12 bits per heavy atom. The average Bonchev–Trinajstić information content (AvgIpc) is 2.46. The van der Waals surface area contributed by atoms with Gasteiger partial charge >= 0.3 is 5.69 Å². The minimum absolute atomic E-state index is 0.660. The summed E-state index contributed by atoms with van der Waals surface area (Å²) in [6, 6.07) is 0. The monoisotopic (exact) mass is 248 g/mol. The van der Waals surface area contributed by atoms with Gasteiger partial charge in [0.05, 0.1) is 17.7 Å². The van der Waals surface area contributed by atoms with Crippen LogP contribution in [0.1, 0.15) is 17.1 Å². The van der Waals surface area contributed by atoms with Crippen molar-refractivity contribution >= 4 is 0 Å². The number of aliphatic hydroxyl groups excluding tert-OH is 1. The van der Waals surface area contributed by atoms with E-state index in [1.54, 1.807) is 4.98 Å². The van der Waals surface area contributed by atoms with E-state index in [2.05, 4.69) is 4.74 Å². The summed E-state index contributed by atoms with van der Waals surface area (Å²) < 4.78 is 35.4. The summed E-state index contributed by atoms with van der Waals surface area (Å²) in [7, 11) is 0. The number of ether oxygens (including phenoxy) is 1. The molecular weight excluding hydrogens is 232 g/mol. The quantitative estimate of drug-likeness (QED) is 0.384. The van der Waals surface area contributed by atoms with Gasteiger partial charge in [0.1, 0.15) is 24.3 Å². The van der Waals surface area contributed by atoms with E-state index < -0.39 is 47.7 Å². The highest BCUT2D eigenvalue weighted by molar-refractivity contribution is 5.13. The lowest BCUT2D eigenvalue weighted by atomic mass is 10.0. The SMILES string of the molecule is [2H][C@]1(O)[C@@]([2H])(O)[C@]([2H])(c2c[nH]c(=O)[nH]c2=O)O[C@]1([2H])CO. The third-order valence-electron chi connectivity index (χ3n) is 2.14. The van der Waals surface area contributed by atoms with Crippen LogP contribution in [-0.2, 0) is 4.74 Å². The van der Waals surface area contributed by atoms with Crippen LogP contribution in [0.2, 0.25) is 0 Å². The lowest BCUT2D eigenvalue weighted by Gasteiger charge is -2.13. The predicted molar refractivity (Wildman–Crippen MR) is 54.4 cm³/mol. The molecule has 1 saturated heterocycles. The second-order valence-electron chi connectivity index (χ2n) is 3.20. The molecule has 1 fully saturated rings. The summed E-state index contributed by atoms with van der Waals surface area (Å²) in [4.78, 5) is 26.3. The zero-order valence-corrected chi connectivity index (χ0v) is 8.35. The molecule has 0 unspecified atom stereocenters. The molecule has 1 aromatic rings. The molecule has 0 aromatic carbocycles. The Bertz CT molecular complexity index is 687. The molecule has 5 N–H and O–H groups in total. The van der Waals surface area contributed by atoms with Gasteiger partial charge in [-0.25, -0.2) is 4.79 Å². The smallest absolute Gasteiger partial charge is 0.325 e. The largest absolute Gasteiger partial charge is 0.394 e. The van der Waals surface area contributed by atoms with E-state index in [4.69, 9.17) is 10.6 Å². The number of H-pyrrole nitrogens is 2. The molecule has 8 nitrogen and oxygen atoms in total. The van der Waals surface area contributed by atoms with Crippen LogP contribution in [-0.4, -0.2) is 50.1 Å². The molecule has 0 aliphatic carbocycles. The van der Waals surface area contributed by atoms with Crippen molar-refractivity contribution in [2.24, 2.45) is 0 Å². The van der Waals surface area contributed by atoms with Crippen molar-refractivity contribution in [3.63, 3.8) is 0 Å². The number of aliphatic hydroxyl groups is 3. The molecule has 4 atom stereocenters. The van der Waals surface area contributed by atoms with E-state index in [1.807, 2.05) is 4.98 Å². The van der Waals surface area contributed by atoms with Gasteiger partial charge in [-0.15, -0.1) is 0 Å². The fourth-order valence-corrected chi connectivity index (χ4v) is 1.33. The highest BCUT2D eigenvalue weighted by Gasteiger charge is 2.44. The second kappa shape index (κ2) is 4.41. The van der Waals surface area contributed by atoms with Crippen molar-refractivity contribution in [3.05, 3.63) is 32.6 Å². The molecule has 94 valence electrons. The van der Waals surface area contributed by atoms with Crippen LogP contribution in [0.4, 0.5) is 0 Å². The number of rotatable bonds is 2. The van der Waals surface area contributed by atoms with Crippen LogP contribution in [0.15, 0.2) is 15.8 Å². The third-order valence-corrected chi connectivity index (χ3v) is 2.14. The molecule has 8 heteroatoms. The average molecular weight is 248 g/mol. The number of hydrogen-bond donors (Lipinski definition) is 5. The van der Waals surface area contributed by atoms with Crippen molar-refractivity contribution in [1.29, 1.82) is 0 Å². The van der Waals surface area contributed by atoms with E-state index in [-0.39, 0.29) is 0 Å². The van der Waals surface area contributed by atoms with Gasteiger partial charge < -0.3 is 25.0 Å². The van der Waals surface area contributed by atoms with Gasteiger partial charge in [0.2, 0.25) is 0 Å². The van der Waals surface area contributed by atoms with Gasteiger partial charge in [0.15, 0.2) is 0 Å². The van der Waals surface area contributed by atoms with Gasteiger partial charge in [-0.1, -0.05) is 0 Å². The van der Waals surface area contributed by atoms with Crippen molar-refractivity contribution in [1.82, 2.24) is 9.97 Å². The van der Waals surface area contributed by atoms with Crippen LogP contribution < -0.4 is 11.2 Å². The minimum atomic E-state index is -3.50. The number of hydrogen-bond acceptors (Lipinski definition) is 6. The third kappa shape index (κ3) is 2.03. The number of nitrogens with one attached hydrogen (secondary N) is 2. The minimum Gasteiger partial charge on any atom is -0.394 e. The fourth-order valence-electron chi connectivity index (χ4n) is 1.33. The van der Waals surface area contributed by atoms with E-state index >= 15 is 0 Å². The summed E-state index contributed by atoms with van der Waals surface area (Å²) in [5.41, 5.74) is -2.95. The van der Waals surface area contributed by atoms with E-state index in [1.165, 1.54) is 0 Å². The van der Waals surface area contributed by atoms with Gasteiger partial charge in [0.25, 0.3) is 5.56 Å². The first-order valence-corrected chi connectivity index (χ1v) is 4.51. The molecule has 0 radical (unpaired) electrons. The molecule has 17 heavy (non-hydrogen) atoms. The first kappa shape index (κ1) is 7.77. The maximum Gasteiger partial charge on any atom is 0.325 e. The maximum atomic E-state index is 11.7. The molecule has 0 amide bonds. The van der Waals surface area contributed by atoms with Gasteiger partial charge in [-0.2, -0.15) is 0 Å². The summed E-state index contributed by atoms with van der Waals surface area (Å²) in [6.45, 7) is -1.32. The topological polar surface area (TPSA) is 136 Å². The van der Waals surface area contributed by atoms with Crippen LogP contribution in [0.25, 0.3) is 0 Å². The summed E-state index contributed by atoms with van der Waals surface area (Å²) in [5.74, 6) is 0. The first-order valence-electron chi connectivity index (χ1n) is 6.51. The van der Waals surface area contributed by atoms with E-state index in [0.29, 0.717) is 6.20 Å². The Balaban J connectivity index is 2.73. The molecule has 0 bridgehead atoms. The van der Waals surface area contributed by atoms with Gasteiger partial charge in [-0.05, 0) is 0 Å². The molecule has 2 heterocycles. The Kier molecular flexibility index (Phi) is 2.02. The highest BCUT2D eigenvalue weighted by Crippen LogP contribution is 2.31. The van der Waals surface area contributed by atoms with Crippen molar-refractivity contribution < 1.29 is 25.5 Å². The van der Waals surface area contributed by atoms with E-state index in [0.717, 1.165) is 0 Å². The van der Waals surface area contributed by atoms with E-state index in [9.17, 15) is 19.8 Å². The summed E-state index contributed by atoms with van der Waals surface area (Å²) in [5, 5.41) is 28.9. The first-order chi connectivity index (χ1) is 9.43. The molecule has 1 aromatic heterocycles. The van der Waals surface area contributed by atoms with Crippen LogP contribution in [0.3, 0.4) is 0 Å². The Hall–Kier alpha value is -1.48.